The molecule has 0 nitrogen and oxygen atoms in total. The quantitative estimate of drug-likeness (QED) is 0.327. The standard InChI is InChI=1S/C11H18/c1-3-5-7-9-11-10-8-6-4-2/h3,5H,4,6-8,10H2,1-2H3. The first kappa shape index (κ1) is 10.3. The highest BCUT2D eigenvalue weighted by Crippen LogP contribution is 1.96. The minimum absolute atomic E-state index is 0.919. The van der Waals surface area contributed by atoms with Gasteiger partial charge in [0.2, 0.25) is 0 Å². The number of allylic oxidation sites excluding steroid dienone is 2. The molecule has 0 N–H and O–H groups in total. The predicted molar refractivity (Wildman–Crippen MR) is 51.3 cm³/mol. The van der Waals surface area contributed by atoms with E-state index in [-0.39, 0.29) is 0 Å². The van der Waals surface area contributed by atoms with E-state index in [0.717, 1.165) is 12.8 Å². The SMILES string of the molecule is CC=CCC#CCCCCC. The minimum Gasteiger partial charge on any atom is -0.103 e. The normalized spacial score (nSPS) is 9.64. The van der Waals surface area contributed by atoms with E-state index in [2.05, 4.69) is 24.8 Å². The van der Waals surface area contributed by atoms with Crippen molar-refractivity contribution in [2.24, 2.45) is 0 Å². The lowest BCUT2D eigenvalue weighted by atomic mass is 10.2. The van der Waals surface area contributed by atoms with Crippen molar-refractivity contribution in [3.63, 3.8) is 0 Å². The van der Waals surface area contributed by atoms with Crippen molar-refractivity contribution in [3.05, 3.63) is 12.2 Å². The van der Waals surface area contributed by atoms with Gasteiger partial charge in [-0.05, 0) is 13.3 Å². The molecule has 0 rings (SSSR count). The van der Waals surface area contributed by atoms with Gasteiger partial charge in [0.15, 0.2) is 0 Å². The fraction of sp³-hybridized carbons (Fsp3) is 0.636. The van der Waals surface area contributed by atoms with Gasteiger partial charge < -0.3 is 0 Å². The molecule has 0 saturated carbocycles. The van der Waals surface area contributed by atoms with E-state index in [1.54, 1.807) is 0 Å². The summed E-state index contributed by atoms with van der Waals surface area (Å²) in [5, 5.41) is 0. The van der Waals surface area contributed by atoms with E-state index in [0.29, 0.717) is 0 Å². The smallest absolute Gasteiger partial charge is 0.0269 e. The van der Waals surface area contributed by atoms with Crippen LogP contribution in [0.15, 0.2) is 12.2 Å². The fourth-order valence-electron chi connectivity index (χ4n) is 0.801. The van der Waals surface area contributed by atoms with Gasteiger partial charge in [0, 0.05) is 12.8 Å². The van der Waals surface area contributed by atoms with Crippen molar-refractivity contribution in [1.29, 1.82) is 0 Å². The number of rotatable bonds is 4. The zero-order chi connectivity index (χ0) is 8.36. The summed E-state index contributed by atoms with van der Waals surface area (Å²) in [5.41, 5.74) is 0. The average molecular weight is 150 g/mol. The molecule has 0 aromatic rings. The molecule has 0 aliphatic carbocycles. The molecule has 0 aliphatic rings. The van der Waals surface area contributed by atoms with Crippen molar-refractivity contribution in [3.8, 4) is 11.8 Å². The Hall–Kier alpha value is -0.700. The Bertz CT molecular complexity index is 143. The van der Waals surface area contributed by atoms with Gasteiger partial charge in [0.25, 0.3) is 0 Å². The van der Waals surface area contributed by atoms with Gasteiger partial charge in [-0.1, -0.05) is 37.8 Å². The lowest BCUT2D eigenvalue weighted by molar-refractivity contribution is 0.737. The van der Waals surface area contributed by atoms with Gasteiger partial charge in [-0.3, -0.25) is 0 Å². The van der Waals surface area contributed by atoms with Crippen LogP contribution in [0, 0.1) is 11.8 Å². The Morgan fingerprint density at radius 1 is 1.18 bits per heavy atom. The molecule has 11 heavy (non-hydrogen) atoms. The van der Waals surface area contributed by atoms with Crippen molar-refractivity contribution < 1.29 is 0 Å². The van der Waals surface area contributed by atoms with Crippen LogP contribution >= 0.6 is 0 Å². The van der Waals surface area contributed by atoms with Crippen molar-refractivity contribution >= 4 is 0 Å². The first-order valence-corrected chi connectivity index (χ1v) is 4.48. The molecule has 0 radical (unpaired) electrons. The summed E-state index contributed by atoms with van der Waals surface area (Å²) >= 11 is 0. The van der Waals surface area contributed by atoms with Crippen LogP contribution in [0.25, 0.3) is 0 Å². The molecular formula is C11H18. The zero-order valence-corrected chi connectivity index (χ0v) is 7.69. The molecule has 0 bridgehead atoms. The third-order valence-corrected chi connectivity index (χ3v) is 1.49. The Balaban J connectivity index is 3.12. The van der Waals surface area contributed by atoms with Gasteiger partial charge in [0.1, 0.15) is 0 Å². The maximum Gasteiger partial charge on any atom is 0.0269 e. The maximum atomic E-state index is 3.15. The first-order chi connectivity index (χ1) is 5.41. The number of hydrogen-bond acceptors (Lipinski definition) is 0. The highest BCUT2D eigenvalue weighted by molar-refractivity contribution is 5.03. The van der Waals surface area contributed by atoms with Crippen LogP contribution in [-0.4, -0.2) is 0 Å². The van der Waals surface area contributed by atoms with Gasteiger partial charge in [-0.2, -0.15) is 0 Å². The summed E-state index contributed by atoms with van der Waals surface area (Å²) < 4.78 is 0. The monoisotopic (exact) mass is 150 g/mol. The molecule has 0 heterocycles. The van der Waals surface area contributed by atoms with Gasteiger partial charge >= 0.3 is 0 Å². The Kier molecular flexibility index (Phi) is 8.71. The van der Waals surface area contributed by atoms with Crippen LogP contribution < -0.4 is 0 Å². The predicted octanol–water partition coefficient (Wildman–Crippen LogP) is 3.54. The molecule has 0 fully saturated rings. The van der Waals surface area contributed by atoms with E-state index in [9.17, 15) is 0 Å². The molecule has 0 unspecified atom stereocenters. The third kappa shape index (κ3) is 9.30. The molecule has 0 atom stereocenters. The summed E-state index contributed by atoms with van der Waals surface area (Å²) in [4.78, 5) is 0. The molecule has 0 aromatic carbocycles. The lowest BCUT2D eigenvalue weighted by Gasteiger charge is -1.87. The lowest BCUT2D eigenvalue weighted by Crippen LogP contribution is -1.70. The molecule has 62 valence electrons. The zero-order valence-electron chi connectivity index (χ0n) is 7.69. The molecule has 0 aliphatic heterocycles. The molecular weight excluding hydrogens is 132 g/mol. The van der Waals surface area contributed by atoms with E-state index >= 15 is 0 Å². The van der Waals surface area contributed by atoms with E-state index in [1.165, 1.54) is 19.3 Å². The van der Waals surface area contributed by atoms with Crippen LogP contribution in [0.2, 0.25) is 0 Å². The number of unbranched alkanes of at least 4 members (excludes halogenated alkanes) is 3. The second-order valence-electron chi connectivity index (χ2n) is 2.58. The topological polar surface area (TPSA) is 0 Å². The third-order valence-electron chi connectivity index (χ3n) is 1.49. The number of hydrogen-bond donors (Lipinski definition) is 0. The van der Waals surface area contributed by atoms with E-state index in [1.807, 2.05) is 13.0 Å². The van der Waals surface area contributed by atoms with Crippen LogP contribution in [0.4, 0.5) is 0 Å². The van der Waals surface area contributed by atoms with Crippen LogP contribution in [0.3, 0.4) is 0 Å². The van der Waals surface area contributed by atoms with Crippen LogP contribution in [0.5, 0.6) is 0 Å². The van der Waals surface area contributed by atoms with Crippen molar-refractivity contribution in [2.75, 3.05) is 0 Å². The fourth-order valence-corrected chi connectivity index (χ4v) is 0.801. The molecule has 0 spiro atoms. The van der Waals surface area contributed by atoms with Gasteiger partial charge in [-0.15, -0.1) is 5.92 Å². The second-order valence-corrected chi connectivity index (χ2v) is 2.58. The van der Waals surface area contributed by atoms with E-state index < -0.39 is 0 Å². The molecule has 0 aromatic heterocycles. The van der Waals surface area contributed by atoms with Gasteiger partial charge in [0.05, 0.1) is 0 Å². The average Bonchev–Trinajstić information content (AvgIpc) is 2.03. The van der Waals surface area contributed by atoms with E-state index in [4.69, 9.17) is 0 Å². The largest absolute Gasteiger partial charge is 0.103 e. The molecule has 0 amide bonds. The second kappa shape index (κ2) is 9.30. The molecule has 0 heteroatoms. The highest BCUT2D eigenvalue weighted by atomic mass is 13.8. The van der Waals surface area contributed by atoms with Crippen LogP contribution in [-0.2, 0) is 0 Å². The first-order valence-electron chi connectivity index (χ1n) is 4.48. The summed E-state index contributed by atoms with van der Waals surface area (Å²) in [6.45, 7) is 4.24. The van der Waals surface area contributed by atoms with Crippen molar-refractivity contribution in [1.82, 2.24) is 0 Å². The Labute approximate surface area is 70.7 Å². The summed E-state index contributed by atoms with van der Waals surface area (Å²) in [7, 11) is 0. The molecule has 0 saturated heterocycles. The Morgan fingerprint density at radius 3 is 2.64 bits per heavy atom. The van der Waals surface area contributed by atoms with Crippen molar-refractivity contribution in [2.45, 2.75) is 46.0 Å². The Morgan fingerprint density at radius 2 is 2.00 bits per heavy atom. The summed E-state index contributed by atoms with van der Waals surface area (Å²) in [6.07, 6.45) is 10.00. The van der Waals surface area contributed by atoms with Gasteiger partial charge in [-0.25, -0.2) is 0 Å². The maximum absolute atomic E-state index is 3.15. The minimum atomic E-state index is 0.919. The highest BCUT2D eigenvalue weighted by Gasteiger charge is 1.79. The summed E-state index contributed by atoms with van der Waals surface area (Å²) in [6, 6.07) is 0. The summed E-state index contributed by atoms with van der Waals surface area (Å²) in [5.74, 6) is 6.26. The van der Waals surface area contributed by atoms with Crippen LogP contribution in [0.1, 0.15) is 46.0 Å².